The number of aliphatic hydroxyl groups is 1. The first-order chi connectivity index (χ1) is 16.4. The summed E-state index contributed by atoms with van der Waals surface area (Å²) in [5.41, 5.74) is 2.16. The Bertz CT molecular complexity index is 1100. The molecule has 0 saturated carbocycles. The maximum Gasteiger partial charge on any atom is 0.201 e. The van der Waals surface area contributed by atoms with Crippen LogP contribution >= 0.6 is 0 Å². The van der Waals surface area contributed by atoms with Gasteiger partial charge in [0.25, 0.3) is 0 Å². The molecule has 3 aromatic carbocycles. The lowest BCUT2D eigenvalue weighted by Gasteiger charge is -2.14. The topological polar surface area (TPSA) is 38.7 Å². The second-order valence-corrected chi connectivity index (χ2v) is 8.00. The highest BCUT2D eigenvalue weighted by atomic mass is 19.2. The van der Waals surface area contributed by atoms with Crippen molar-refractivity contribution in [3.05, 3.63) is 95.8 Å². The third kappa shape index (κ3) is 6.41. The highest BCUT2D eigenvalue weighted by molar-refractivity contribution is 5.64. The first-order valence-electron chi connectivity index (χ1n) is 11.4. The fourth-order valence-corrected chi connectivity index (χ4v) is 3.51. The fourth-order valence-electron chi connectivity index (χ4n) is 3.51. The Labute approximate surface area is 198 Å². The summed E-state index contributed by atoms with van der Waals surface area (Å²) in [7, 11) is 0. The van der Waals surface area contributed by atoms with Crippen molar-refractivity contribution in [1.29, 1.82) is 0 Å². The molecule has 1 atom stereocenters. The number of hydrogen-bond acceptors (Lipinski definition) is 3. The highest BCUT2D eigenvalue weighted by Crippen LogP contribution is 2.30. The molecule has 0 radical (unpaired) electrons. The van der Waals surface area contributed by atoms with Crippen molar-refractivity contribution in [2.24, 2.45) is 0 Å². The Morgan fingerprint density at radius 2 is 1.62 bits per heavy atom. The second-order valence-electron chi connectivity index (χ2n) is 8.00. The largest absolute Gasteiger partial charge is 0.491 e. The number of allylic oxidation sites excluding steroid dienone is 1. The Kier molecular flexibility index (Phi) is 9.16. The molecular weight excluding hydrogens is 441 g/mol. The van der Waals surface area contributed by atoms with Crippen molar-refractivity contribution in [2.75, 3.05) is 6.61 Å². The van der Waals surface area contributed by atoms with Crippen molar-refractivity contribution in [1.82, 2.24) is 0 Å². The summed E-state index contributed by atoms with van der Waals surface area (Å²) in [5, 5.41) is 9.95. The Balaban J connectivity index is 1.63. The van der Waals surface area contributed by atoms with Crippen LogP contribution in [-0.2, 0) is 6.61 Å². The molecule has 3 nitrogen and oxygen atoms in total. The molecule has 0 amide bonds. The monoisotopic (exact) mass is 470 g/mol. The summed E-state index contributed by atoms with van der Waals surface area (Å²) >= 11 is 0. The molecule has 0 aliphatic carbocycles. The summed E-state index contributed by atoms with van der Waals surface area (Å²) in [4.78, 5) is 0. The van der Waals surface area contributed by atoms with Crippen LogP contribution in [0.25, 0.3) is 11.1 Å². The summed E-state index contributed by atoms with van der Waals surface area (Å²) in [6, 6.07) is 14.6. The average Bonchev–Trinajstić information content (AvgIpc) is 2.84. The lowest BCUT2D eigenvalue weighted by molar-refractivity contribution is 0.160. The van der Waals surface area contributed by atoms with Crippen LogP contribution in [0.3, 0.4) is 0 Å². The van der Waals surface area contributed by atoms with Gasteiger partial charge >= 0.3 is 0 Å². The van der Waals surface area contributed by atoms with E-state index in [2.05, 4.69) is 6.58 Å². The lowest BCUT2D eigenvalue weighted by Crippen LogP contribution is -2.05. The standard InChI is InChI=1S/C28H29F3O3/c1-3-5-6-16-33-25-14-12-21(17-23(25)29)20-10-8-19(9-11-20)18-34-26-15-13-22(24(32)7-4-2)27(30)28(26)31/h3,8-15,17,24,32H,1,4-7,16,18H2,2H3. The first kappa shape index (κ1) is 25.4. The fraction of sp³-hybridized carbons (Fsp3) is 0.286. The SMILES string of the molecule is C=CCCCOc1ccc(-c2ccc(COc3ccc(C(O)CCC)c(F)c3F)cc2)cc1F. The van der Waals surface area contributed by atoms with Crippen molar-refractivity contribution in [3.63, 3.8) is 0 Å². The molecule has 1 unspecified atom stereocenters. The summed E-state index contributed by atoms with van der Waals surface area (Å²) in [5.74, 6) is -2.66. The van der Waals surface area contributed by atoms with E-state index >= 15 is 0 Å². The highest BCUT2D eigenvalue weighted by Gasteiger charge is 2.19. The molecule has 180 valence electrons. The van der Waals surface area contributed by atoms with Gasteiger partial charge in [-0.25, -0.2) is 8.78 Å². The molecule has 0 aromatic heterocycles. The number of unbranched alkanes of at least 4 members (excludes halogenated alkanes) is 1. The van der Waals surface area contributed by atoms with E-state index in [1.807, 2.05) is 6.92 Å². The van der Waals surface area contributed by atoms with Gasteiger partial charge in [0.1, 0.15) is 6.61 Å². The number of halogens is 3. The van der Waals surface area contributed by atoms with Crippen molar-refractivity contribution in [2.45, 2.75) is 45.3 Å². The number of benzene rings is 3. The zero-order valence-electron chi connectivity index (χ0n) is 19.2. The van der Waals surface area contributed by atoms with Gasteiger partial charge in [-0.05, 0) is 60.2 Å². The van der Waals surface area contributed by atoms with E-state index < -0.39 is 23.6 Å². The Morgan fingerprint density at radius 1 is 0.912 bits per heavy atom. The summed E-state index contributed by atoms with van der Waals surface area (Å²) < 4.78 is 54.0. The minimum atomic E-state index is -1.12. The van der Waals surface area contributed by atoms with E-state index in [1.54, 1.807) is 42.5 Å². The van der Waals surface area contributed by atoms with Crippen LogP contribution in [-0.4, -0.2) is 11.7 Å². The molecule has 0 saturated heterocycles. The predicted molar refractivity (Wildman–Crippen MR) is 127 cm³/mol. The van der Waals surface area contributed by atoms with Crippen LogP contribution in [0.15, 0.2) is 67.3 Å². The lowest BCUT2D eigenvalue weighted by atomic mass is 10.0. The molecule has 1 N–H and O–H groups in total. The molecule has 0 heterocycles. The molecule has 0 spiro atoms. The van der Waals surface area contributed by atoms with Gasteiger partial charge in [0.05, 0.1) is 12.7 Å². The van der Waals surface area contributed by atoms with Crippen LogP contribution in [0.2, 0.25) is 0 Å². The van der Waals surface area contributed by atoms with Crippen molar-refractivity contribution < 1.29 is 27.8 Å². The average molecular weight is 471 g/mol. The molecule has 3 rings (SSSR count). The molecule has 6 heteroatoms. The zero-order chi connectivity index (χ0) is 24.5. The van der Waals surface area contributed by atoms with Gasteiger partial charge in [0.2, 0.25) is 5.82 Å². The minimum absolute atomic E-state index is 0.0271. The third-order valence-electron chi connectivity index (χ3n) is 5.42. The number of rotatable bonds is 12. The second kappa shape index (κ2) is 12.3. The quantitative estimate of drug-likeness (QED) is 0.220. The third-order valence-corrected chi connectivity index (χ3v) is 5.42. The molecular formula is C28H29F3O3. The van der Waals surface area contributed by atoms with E-state index in [-0.39, 0.29) is 23.7 Å². The molecule has 0 bridgehead atoms. The van der Waals surface area contributed by atoms with E-state index in [4.69, 9.17) is 9.47 Å². The maximum atomic E-state index is 14.4. The smallest absolute Gasteiger partial charge is 0.201 e. The molecule has 0 fully saturated rings. The van der Waals surface area contributed by atoms with E-state index in [0.29, 0.717) is 25.0 Å². The van der Waals surface area contributed by atoms with E-state index in [0.717, 1.165) is 24.0 Å². The molecule has 0 aliphatic heterocycles. The van der Waals surface area contributed by atoms with Gasteiger partial charge in [-0.1, -0.05) is 49.8 Å². The van der Waals surface area contributed by atoms with Crippen molar-refractivity contribution in [3.8, 4) is 22.6 Å². The zero-order valence-corrected chi connectivity index (χ0v) is 19.2. The maximum absolute atomic E-state index is 14.4. The minimum Gasteiger partial charge on any atom is -0.491 e. The summed E-state index contributed by atoms with van der Waals surface area (Å²) in [6.45, 7) is 5.95. The van der Waals surface area contributed by atoms with Crippen LogP contribution in [0.5, 0.6) is 11.5 Å². The predicted octanol–water partition coefficient (Wildman–Crippen LogP) is 7.53. The van der Waals surface area contributed by atoms with Crippen LogP contribution in [0, 0.1) is 17.5 Å². The van der Waals surface area contributed by atoms with Crippen LogP contribution in [0.1, 0.15) is 49.8 Å². The number of aliphatic hydroxyl groups excluding tert-OH is 1. The number of hydrogen-bond donors (Lipinski definition) is 1. The van der Waals surface area contributed by atoms with Gasteiger partial charge in [-0.3, -0.25) is 0 Å². The molecule has 34 heavy (non-hydrogen) atoms. The van der Waals surface area contributed by atoms with Gasteiger partial charge < -0.3 is 14.6 Å². The van der Waals surface area contributed by atoms with Gasteiger partial charge in [0, 0.05) is 5.56 Å². The van der Waals surface area contributed by atoms with Crippen LogP contribution < -0.4 is 9.47 Å². The van der Waals surface area contributed by atoms with Crippen molar-refractivity contribution >= 4 is 0 Å². The molecule has 0 aliphatic rings. The normalized spacial score (nSPS) is 11.8. The Hall–Kier alpha value is -3.25. The van der Waals surface area contributed by atoms with Gasteiger partial charge in [-0.15, -0.1) is 6.58 Å². The van der Waals surface area contributed by atoms with Gasteiger partial charge in [-0.2, -0.15) is 4.39 Å². The Morgan fingerprint density at radius 3 is 2.29 bits per heavy atom. The number of ether oxygens (including phenoxy) is 2. The van der Waals surface area contributed by atoms with E-state index in [1.165, 1.54) is 18.2 Å². The van der Waals surface area contributed by atoms with Crippen LogP contribution in [0.4, 0.5) is 13.2 Å². The molecule has 3 aromatic rings. The van der Waals surface area contributed by atoms with Gasteiger partial charge in [0.15, 0.2) is 23.1 Å². The first-order valence-corrected chi connectivity index (χ1v) is 11.4. The summed E-state index contributed by atoms with van der Waals surface area (Å²) in [6.07, 6.45) is 3.32. The van der Waals surface area contributed by atoms with E-state index in [9.17, 15) is 18.3 Å².